The Morgan fingerprint density at radius 3 is 3.18 bits per heavy atom. The molecule has 0 aliphatic heterocycles. The fourth-order valence-corrected chi connectivity index (χ4v) is 0.682. The normalized spacial score (nSPS) is 9.18. The molecule has 5 nitrogen and oxygen atoms in total. The number of nitrogens with one attached hydrogen (secondary N) is 3. The van der Waals surface area contributed by atoms with E-state index in [0.29, 0.717) is 11.7 Å². The topological polar surface area (TPSA) is 78.8 Å². The van der Waals surface area contributed by atoms with Crippen molar-refractivity contribution in [2.45, 2.75) is 6.54 Å². The van der Waals surface area contributed by atoms with Crippen LogP contribution in [0.3, 0.4) is 0 Å². The maximum atomic E-state index is 5.03. The van der Waals surface area contributed by atoms with Crippen molar-refractivity contribution in [3.8, 4) is 0 Å². The molecule has 0 saturated heterocycles. The second kappa shape index (κ2) is 3.89. The average molecular weight is 171 g/mol. The number of imidazole rings is 1. The van der Waals surface area contributed by atoms with Crippen LogP contribution in [0.1, 0.15) is 5.82 Å². The lowest BCUT2D eigenvalue weighted by Crippen LogP contribution is -2.39. The molecule has 1 aromatic heterocycles. The molecule has 1 rings (SSSR count). The third kappa shape index (κ3) is 2.52. The minimum atomic E-state index is 0.404. The first-order valence-corrected chi connectivity index (χ1v) is 3.46. The Hall–Kier alpha value is -1.14. The van der Waals surface area contributed by atoms with Crippen molar-refractivity contribution in [1.29, 1.82) is 0 Å². The van der Waals surface area contributed by atoms with Crippen molar-refractivity contribution in [2.24, 2.45) is 5.84 Å². The molecule has 0 unspecified atom stereocenters. The molecule has 0 radical (unpaired) electrons. The van der Waals surface area contributed by atoms with Crippen LogP contribution in [0, 0.1) is 0 Å². The molecular formula is C5H9N5S. The quantitative estimate of drug-likeness (QED) is 0.267. The molecule has 0 spiro atoms. The third-order valence-electron chi connectivity index (χ3n) is 1.10. The molecule has 0 aliphatic carbocycles. The van der Waals surface area contributed by atoms with E-state index in [4.69, 9.17) is 18.1 Å². The predicted octanol–water partition coefficient (Wildman–Crippen LogP) is -0.752. The second-order valence-electron chi connectivity index (χ2n) is 1.86. The number of hydrogen-bond acceptors (Lipinski definition) is 3. The van der Waals surface area contributed by atoms with E-state index in [-0.39, 0.29) is 0 Å². The Morgan fingerprint density at radius 1 is 1.82 bits per heavy atom. The summed E-state index contributed by atoms with van der Waals surface area (Å²) in [5.74, 6) is 5.85. The Kier molecular flexibility index (Phi) is 2.82. The van der Waals surface area contributed by atoms with Crippen molar-refractivity contribution >= 4 is 17.3 Å². The van der Waals surface area contributed by atoms with Gasteiger partial charge in [0.25, 0.3) is 0 Å². The lowest BCUT2D eigenvalue weighted by molar-refractivity contribution is 0.819. The summed E-state index contributed by atoms with van der Waals surface area (Å²) < 4.78 is 0. The minimum absolute atomic E-state index is 0.404. The van der Waals surface area contributed by atoms with Gasteiger partial charge in [0.1, 0.15) is 5.82 Å². The van der Waals surface area contributed by atoms with Crippen molar-refractivity contribution in [2.75, 3.05) is 0 Å². The molecule has 1 aromatic rings. The Balaban J connectivity index is 2.29. The van der Waals surface area contributed by atoms with E-state index in [0.717, 1.165) is 5.82 Å². The highest BCUT2D eigenvalue weighted by Gasteiger charge is 1.94. The summed E-state index contributed by atoms with van der Waals surface area (Å²) in [5, 5.41) is 3.24. The molecule has 0 bridgehead atoms. The van der Waals surface area contributed by atoms with Crippen LogP contribution in [-0.4, -0.2) is 15.1 Å². The number of aromatic nitrogens is 2. The number of hydrogen-bond donors (Lipinski definition) is 4. The average Bonchev–Trinajstić information content (AvgIpc) is 2.52. The van der Waals surface area contributed by atoms with Gasteiger partial charge in [0.15, 0.2) is 5.11 Å². The van der Waals surface area contributed by atoms with Crippen LogP contribution in [0.4, 0.5) is 0 Å². The van der Waals surface area contributed by atoms with Crippen LogP contribution in [0.25, 0.3) is 0 Å². The Labute approximate surface area is 69.4 Å². The number of hydrazine groups is 1. The first-order valence-electron chi connectivity index (χ1n) is 3.05. The van der Waals surface area contributed by atoms with Crippen LogP contribution < -0.4 is 16.6 Å². The van der Waals surface area contributed by atoms with Gasteiger partial charge < -0.3 is 15.7 Å². The van der Waals surface area contributed by atoms with E-state index >= 15 is 0 Å². The van der Waals surface area contributed by atoms with Gasteiger partial charge in [-0.3, -0.25) is 0 Å². The zero-order valence-electron chi connectivity index (χ0n) is 5.79. The molecule has 0 fully saturated rings. The summed E-state index contributed by atoms with van der Waals surface area (Å²) in [6.07, 6.45) is 3.42. The number of nitrogens with zero attached hydrogens (tertiary/aromatic N) is 1. The second-order valence-corrected chi connectivity index (χ2v) is 2.27. The molecule has 0 saturated carbocycles. The number of H-pyrrole nitrogens is 1. The Bertz CT molecular complexity index is 219. The van der Waals surface area contributed by atoms with Crippen LogP contribution in [-0.2, 0) is 6.54 Å². The minimum Gasteiger partial charge on any atom is -0.354 e. The van der Waals surface area contributed by atoms with Crippen molar-refractivity contribution in [3.63, 3.8) is 0 Å². The fraction of sp³-hybridized carbons (Fsp3) is 0.200. The van der Waals surface area contributed by atoms with Gasteiger partial charge in [0.05, 0.1) is 6.54 Å². The summed E-state index contributed by atoms with van der Waals surface area (Å²) >= 11 is 4.74. The van der Waals surface area contributed by atoms with E-state index < -0.39 is 0 Å². The van der Waals surface area contributed by atoms with Crippen LogP contribution in [0.15, 0.2) is 12.4 Å². The maximum absolute atomic E-state index is 5.03. The molecule has 60 valence electrons. The monoisotopic (exact) mass is 171 g/mol. The molecular weight excluding hydrogens is 162 g/mol. The van der Waals surface area contributed by atoms with Crippen LogP contribution in [0.2, 0.25) is 0 Å². The number of thiocarbonyl (C=S) groups is 1. The largest absolute Gasteiger partial charge is 0.354 e. The SMILES string of the molecule is NNC(=S)NCc1ncc[nH]1. The van der Waals surface area contributed by atoms with Gasteiger partial charge >= 0.3 is 0 Å². The summed E-state index contributed by atoms with van der Waals surface area (Å²) in [4.78, 5) is 6.89. The standard InChI is InChI=1S/C5H9N5S/c6-10-5(11)9-3-4-7-1-2-8-4/h1-2H,3,6H2,(H,7,8)(H2,9,10,11). The summed E-state index contributed by atoms with van der Waals surface area (Å²) in [6, 6.07) is 0. The van der Waals surface area contributed by atoms with Gasteiger partial charge in [-0.05, 0) is 12.2 Å². The van der Waals surface area contributed by atoms with Gasteiger partial charge in [0, 0.05) is 12.4 Å². The van der Waals surface area contributed by atoms with Gasteiger partial charge in [-0.25, -0.2) is 10.8 Å². The first kappa shape index (κ1) is 7.96. The Morgan fingerprint density at radius 2 is 2.64 bits per heavy atom. The smallest absolute Gasteiger partial charge is 0.180 e. The number of rotatable bonds is 2. The van der Waals surface area contributed by atoms with E-state index in [1.165, 1.54) is 0 Å². The number of nitrogens with two attached hydrogens (primary N) is 1. The molecule has 0 atom stereocenters. The summed E-state index contributed by atoms with van der Waals surface area (Å²) in [6.45, 7) is 0.552. The first-order chi connectivity index (χ1) is 5.33. The van der Waals surface area contributed by atoms with Crippen molar-refractivity contribution < 1.29 is 0 Å². The van der Waals surface area contributed by atoms with Crippen molar-refractivity contribution in [1.82, 2.24) is 20.7 Å². The molecule has 11 heavy (non-hydrogen) atoms. The van der Waals surface area contributed by atoms with E-state index in [2.05, 4.69) is 20.7 Å². The van der Waals surface area contributed by atoms with Gasteiger partial charge in [-0.1, -0.05) is 0 Å². The maximum Gasteiger partial charge on any atom is 0.180 e. The van der Waals surface area contributed by atoms with E-state index in [1.807, 2.05) is 0 Å². The van der Waals surface area contributed by atoms with Crippen molar-refractivity contribution in [3.05, 3.63) is 18.2 Å². The van der Waals surface area contributed by atoms with Gasteiger partial charge in [-0.2, -0.15) is 0 Å². The summed E-state index contributed by atoms with van der Waals surface area (Å²) in [7, 11) is 0. The van der Waals surface area contributed by atoms with E-state index in [9.17, 15) is 0 Å². The van der Waals surface area contributed by atoms with Gasteiger partial charge in [0.2, 0.25) is 0 Å². The van der Waals surface area contributed by atoms with Crippen LogP contribution in [0.5, 0.6) is 0 Å². The third-order valence-corrected chi connectivity index (χ3v) is 1.36. The van der Waals surface area contributed by atoms with Crippen LogP contribution >= 0.6 is 12.2 Å². The molecule has 0 aromatic carbocycles. The summed E-state index contributed by atoms with van der Waals surface area (Å²) in [5.41, 5.74) is 2.31. The fourth-order valence-electron chi connectivity index (χ4n) is 0.610. The molecule has 0 amide bonds. The lowest BCUT2D eigenvalue weighted by atomic mass is 10.6. The predicted molar refractivity (Wildman–Crippen MR) is 45.3 cm³/mol. The molecule has 5 N–H and O–H groups in total. The number of aromatic amines is 1. The lowest BCUT2D eigenvalue weighted by Gasteiger charge is -2.03. The zero-order chi connectivity index (χ0) is 8.10. The molecule has 0 aliphatic rings. The molecule has 6 heteroatoms. The van der Waals surface area contributed by atoms with E-state index in [1.54, 1.807) is 12.4 Å². The molecule has 1 heterocycles. The zero-order valence-corrected chi connectivity index (χ0v) is 6.61. The highest BCUT2D eigenvalue weighted by atomic mass is 32.1. The highest BCUT2D eigenvalue weighted by molar-refractivity contribution is 7.80. The van der Waals surface area contributed by atoms with Gasteiger partial charge in [-0.15, -0.1) is 0 Å². The highest BCUT2D eigenvalue weighted by Crippen LogP contribution is 1.85.